The molecule has 1 aromatic heterocycles. The molecular formula is C15H26N2O. The van der Waals surface area contributed by atoms with Crippen molar-refractivity contribution in [3.63, 3.8) is 0 Å². The van der Waals surface area contributed by atoms with Gasteiger partial charge in [-0.1, -0.05) is 27.7 Å². The summed E-state index contributed by atoms with van der Waals surface area (Å²) in [6.45, 7) is 8.50. The molecule has 0 saturated heterocycles. The lowest BCUT2D eigenvalue weighted by atomic mass is 9.95. The van der Waals surface area contributed by atoms with Crippen LogP contribution in [0.5, 0.6) is 0 Å². The van der Waals surface area contributed by atoms with Crippen LogP contribution in [0.1, 0.15) is 65.1 Å². The van der Waals surface area contributed by atoms with Crippen LogP contribution in [0.3, 0.4) is 0 Å². The number of Topliss-reactive ketones (excluding diaryl/α,β-unsaturated/α-hetero) is 1. The summed E-state index contributed by atoms with van der Waals surface area (Å²) in [5.74, 6) is 0.526. The van der Waals surface area contributed by atoms with Crippen LogP contribution in [0.2, 0.25) is 0 Å². The molecule has 0 aromatic carbocycles. The summed E-state index contributed by atoms with van der Waals surface area (Å²) in [7, 11) is 0. The Morgan fingerprint density at radius 3 is 2.28 bits per heavy atom. The molecule has 102 valence electrons. The summed E-state index contributed by atoms with van der Waals surface area (Å²) in [6.07, 6.45) is 6.52. The summed E-state index contributed by atoms with van der Waals surface area (Å²) >= 11 is 0. The lowest BCUT2D eigenvalue weighted by molar-refractivity contribution is -0.122. The molecule has 3 nitrogen and oxygen atoms in total. The van der Waals surface area contributed by atoms with Gasteiger partial charge in [-0.2, -0.15) is 5.10 Å². The molecule has 0 aliphatic heterocycles. The SMILES string of the molecule is CCC(CC)C(=O)Cc1ccn(C(CC)CC)n1. The third-order valence-corrected chi connectivity index (χ3v) is 3.78. The summed E-state index contributed by atoms with van der Waals surface area (Å²) < 4.78 is 2.01. The van der Waals surface area contributed by atoms with E-state index < -0.39 is 0 Å². The van der Waals surface area contributed by atoms with E-state index in [9.17, 15) is 4.79 Å². The maximum Gasteiger partial charge on any atom is 0.141 e. The summed E-state index contributed by atoms with van der Waals surface area (Å²) in [4.78, 5) is 12.0. The number of aromatic nitrogens is 2. The van der Waals surface area contributed by atoms with E-state index in [1.165, 1.54) is 0 Å². The Morgan fingerprint density at radius 1 is 1.17 bits per heavy atom. The number of ketones is 1. The van der Waals surface area contributed by atoms with Gasteiger partial charge < -0.3 is 0 Å². The minimum Gasteiger partial charge on any atom is -0.299 e. The zero-order valence-corrected chi connectivity index (χ0v) is 12.1. The monoisotopic (exact) mass is 250 g/mol. The Morgan fingerprint density at radius 2 is 1.78 bits per heavy atom. The van der Waals surface area contributed by atoms with E-state index in [1.54, 1.807) is 0 Å². The number of hydrogen-bond donors (Lipinski definition) is 0. The molecule has 0 saturated carbocycles. The van der Waals surface area contributed by atoms with E-state index in [1.807, 2.05) is 16.9 Å². The van der Waals surface area contributed by atoms with Gasteiger partial charge in [0.05, 0.1) is 18.2 Å². The van der Waals surface area contributed by atoms with Gasteiger partial charge in [-0.15, -0.1) is 0 Å². The van der Waals surface area contributed by atoms with E-state index in [0.717, 1.165) is 31.4 Å². The zero-order valence-electron chi connectivity index (χ0n) is 12.1. The van der Waals surface area contributed by atoms with Gasteiger partial charge in [-0.3, -0.25) is 9.48 Å². The van der Waals surface area contributed by atoms with Crippen LogP contribution in [-0.2, 0) is 11.2 Å². The standard InChI is InChI=1S/C15H26N2O/c1-5-12(6-2)15(18)11-13-9-10-17(16-13)14(7-3)8-4/h9-10,12,14H,5-8,11H2,1-4H3. The average molecular weight is 250 g/mol. The second kappa shape index (κ2) is 7.34. The maximum absolute atomic E-state index is 12.0. The molecule has 0 bridgehead atoms. The van der Waals surface area contributed by atoms with Crippen molar-refractivity contribution < 1.29 is 4.79 Å². The summed E-state index contributed by atoms with van der Waals surface area (Å²) in [5, 5.41) is 4.54. The molecule has 0 N–H and O–H groups in total. The van der Waals surface area contributed by atoms with Gasteiger partial charge in [0.2, 0.25) is 0 Å². The molecule has 0 fully saturated rings. The van der Waals surface area contributed by atoms with Gasteiger partial charge in [-0.25, -0.2) is 0 Å². The van der Waals surface area contributed by atoms with Gasteiger partial charge in [0.25, 0.3) is 0 Å². The van der Waals surface area contributed by atoms with Gasteiger partial charge >= 0.3 is 0 Å². The molecular weight excluding hydrogens is 224 g/mol. The third kappa shape index (κ3) is 3.69. The van der Waals surface area contributed by atoms with Crippen molar-refractivity contribution in [2.24, 2.45) is 5.92 Å². The van der Waals surface area contributed by atoms with Gasteiger partial charge in [0.15, 0.2) is 0 Å². The van der Waals surface area contributed by atoms with Crippen molar-refractivity contribution in [1.82, 2.24) is 9.78 Å². The fraction of sp³-hybridized carbons (Fsp3) is 0.733. The quantitative estimate of drug-likeness (QED) is 0.703. The number of rotatable bonds is 8. The number of carbonyl (C=O) groups excluding carboxylic acids is 1. The topological polar surface area (TPSA) is 34.9 Å². The molecule has 1 rings (SSSR count). The molecule has 1 aromatic rings. The average Bonchev–Trinajstić information content (AvgIpc) is 2.81. The highest BCUT2D eigenvalue weighted by atomic mass is 16.1. The fourth-order valence-corrected chi connectivity index (χ4v) is 2.40. The first-order valence-electron chi connectivity index (χ1n) is 7.22. The fourth-order valence-electron chi connectivity index (χ4n) is 2.40. The first-order valence-corrected chi connectivity index (χ1v) is 7.22. The summed E-state index contributed by atoms with van der Waals surface area (Å²) in [5.41, 5.74) is 0.916. The Hall–Kier alpha value is -1.12. The first-order chi connectivity index (χ1) is 8.65. The minimum atomic E-state index is 0.197. The third-order valence-electron chi connectivity index (χ3n) is 3.78. The van der Waals surface area contributed by atoms with Crippen LogP contribution < -0.4 is 0 Å². The lowest BCUT2D eigenvalue weighted by Gasteiger charge is -2.12. The molecule has 0 aliphatic rings. The molecule has 0 aliphatic carbocycles. The lowest BCUT2D eigenvalue weighted by Crippen LogP contribution is -2.16. The van der Waals surface area contributed by atoms with Crippen LogP contribution in [0.15, 0.2) is 12.3 Å². The first kappa shape index (κ1) is 14.9. The van der Waals surface area contributed by atoms with Crippen molar-refractivity contribution in [2.75, 3.05) is 0 Å². The molecule has 0 unspecified atom stereocenters. The highest BCUT2D eigenvalue weighted by Gasteiger charge is 2.16. The Kier molecular flexibility index (Phi) is 6.10. The second-order valence-electron chi connectivity index (χ2n) is 4.91. The van der Waals surface area contributed by atoms with E-state index in [0.29, 0.717) is 18.2 Å². The highest BCUT2D eigenvalue weighted by molar-refractivity contribution is 5.82. The molecule has 18 heavy (non-hydrogen) atoms. The molecule has 0 amide bonds. The van der Waals surface area contributed by atoms with Crippen LogP contribution in [0, 0.1) is 5.92 Å². The minimum absolute atomic E-state index is 0.197. The number of carbonyl (C=O) groups is 1. The second-order valence-corrected chi connectivity index (χ2v) is 4.91. The number of nitrogens with zero attached hydrogens (tertiary/aromatic N) is 2. The van der Waals surface area contributed by atoms with E-state index >= 15 is 0 Å². The molecule has 3 heteroatoms. The highest BCUT2D eigenvalue weighted by Crippen LogP contribution is 2.16. The molecule has 1 heterocycles. The normalized spacial score (nSPS) is 11.4. The summed E-state index contributed by atoms with van der Waals surface area (Å²) in [6, 6.07) is 2.44. The zero-order chi connectivity index (χ0) is 13.5. The smallest absolute Gasteiger partial charge is 0.141 e. The Labute approximate surface area is 111 Å². The van der Waals surface area contributed by atoms with Crippen molar-refractivity contribution in [1.29, 1.82) is 0 Å². The largest absolute Gasteiger partial charge is 0.299 e. The molecule has 0 spiro atoms. The van der Waals surface area contributed by atoms with Gasteiger partial charge in [0.1, 0.15) is 5.78 Å². The van der Waals surface area contributed by atoms with Crippen LogP contribution in [0.4, 0.5) is 0 Å². The van der Waals surface area contributed by atoms with Crippen LogP contribution in [-0.4, -0.2) is 15.6 Å². The van der Waals surface area contributed by atoms with Gasteiger partial charge in [-0.05, 0) is 31.7 Å². The number of hydrogen-bond acceptors (Lipinski definition) is 2. The van der Waals surface area contributed by atoms with E-state index in [2.05, 4.69) is 32.8 Å². The van der Waals surface area contributed by atoms with Gasteiger partial charge in [0, 0.05) is 12.1 Å². The molecule has 0 atom stereocenters. The predicted molar refractivity (Wildman–Crippen MR) is 74.6 cm³/mol. The Bertz CT molecular complexity index is 362. The van der Waals surface area contributed by atoms with Crippen molar-refractivity contribution >= 4 is 5.78 Å². The van der Waals surface area contributed by atoms with Crippen LogP contribution >= 0.6 is 0 Å². The van der Waals surface area contributed by atoms with E-state index in [-0.39, 0.29) is 5.92 Å². The van der Waals surface area contributed by atoms with Crippen molar-refractivity contribution in [2.45, 2.75) is 65.8 Å². The van der Waals surface area contributed by atoms with Crippen LogP contribution in [0.25, 0.3) is 0 Å². The predicted octanol–water partition coefficient (Wildman–Crippen LogP) is 3.79. The molecule has 0 radical (unpaired) electrons. The van der Waals surface area contributed by atoms with Crippen molar-refractivity contribution in [3.05, 3.63) is 18.0 Å². The van der Waals surface area contributed by atoms with Crippen molar-refractivity contribution in [3.8, 4) is 0 Å². The van der Waals surface area contributed by atoms with E-state index in [4.69, 9.17) is 0 Å². The Balaban J connectivity index is 2.66. The maximum atomic E-state index is 12.0.